The lowest BCUT2D eigenvalue weighted by Gasteiger charge is -2.40. The van der Waals surface area contributed by atoms with Crippen molar-refractivity contribution in [3.05, 3.63) is 59.7 Å². The zero-order valence-corrected chi connectivity index (χ0v) is 14.9. The highest BCUT2D eigenvalue weighted by Gasteiger charge is 2.31. The van der Waals surface area contributed by atoms with Gasteiger partial charge < -0.3 is 19.3 Å². The van der Waals surface area contributed by atoms with Crippen LogP contribution in [0.1, 0.15) is 22.0 Å². The van der Waals surface area contributed by atoms with Crippen LogP contribution < -0.4 is 9.47 Å². The molecule has 1 amide bonds. The Labute approximate surface area is 148 Å². The van der Waals surface area contributed by atoms with Gasteiger partial charge in [-0.05, 0) is 30.8 Å². The first-order chi connectivity index (χ1) is 12.1. The third-order valence-electron chi connectivity index (χ3n) is 4.66. The minimum absolute atomic E-state index is 0.0166. The summed E-state index contributed by atoms with van der Waals surface area (Å²) in [5.41, 5.74) is 1.77. The summed E-state index contributed by atoms with van der Waals surface area (Å²) in [6.45, 7) is 2.38. The molecule has 132 valence electrons. The third kappa shape index (κ3) is 3.61. The van der Waals surface area contributed by atoms with Gasteiger partial charge in [-0.15, -0.1) is 0 Å². The Balaban J connectivity index is 1.91. The minimum Gasteiger partial charge on any atom is -0.493 e. The standard InChI is InChI=1S/C20H24N2O3/c1-21-11-12-22(17(14-21)15-7-5-4-6-8-15)20(23)16-9-10-18(24-2)19(13-16)25-3/h4-10,13,17H,11-12,14H2,1-3H3/t17-/m0/s1. The zero-order valence-electron chi connectivity index (χ0n) is 14.9. The average Bonchev–Trinajstić information content (AvgIpc) is 2.67. The predicted molar refractivity (Wildman–Crippen MR) is 97.3 cm³/mol. The molecule has 0 spiro atoms. The van der Waals surface area contributed by atoms with Crippen molar-refractivity contribution < 1.29 is 14.3 Å². The summed E-state index contributed by atoms with van der Waals surface area (Å²) in [6, 6.07) is 15.6. The van der Waals surface area contributed by atoms with Crippen molar-refractivity contribution >= 4 is 5.91 Å². The molecule has 2 aromatic carbocycles. The first-order valence-electron chi connectivity index (χ1n) is 8.40. The van der Waals surface area contributed by atoms with Crippen molar-refractivity contribution in [1.82, 2.24) is 9.80 Å². The van der Waals surface area contributed by atoms with E-state index in [1.54, 1.807) is 32.4 Å². The van der Waals surface area contributed by atoms with Gasteiger partial charge in [0.15, 0.2) is 11.5 Å². The molecule has 0 saturated carbocycles. The lowest BCUT2D eigenvalue weighted by Crippen LogP contribution is -2.49. The number of amides is 1. The van der Waals surface area contributed by atoms with Crippen molar-refractivity contribution in [2.45, 2.75) is 6.04 Å². The number of likely N-dealkylation sites (N-methyl/N-ethyl adjacent to an activating group) is 1. The van der Waals surface area contributed by atoms with Crippen molar-refractivity contribution in [2.24, 2.45) is 0 Å². The van der Waals surface area contributed by atoms with Gasteiger partial charge in [0.05, 0.1) is 20.3 Å². The summed E-state index contributed by atoms with van der Waals surface area (Å²) in [7, 11) is 5.26. The van der Waals surface area contributed by atoms with Crippen molar-refractivity contribution in [2.75, 3.05) is 40.9 Å². The highest BCUT2D eigenvalue weighted by molar-refractivity contribution is 5.95. The fourth-order valence-electron chi connectivity index (χ4n) is 3.26. The van der Waals surface area contributed by atoms with Gasteiger partial charge in [0, 0.05) is 25.2 Å². The molecule has 1 heterocycles. The molecule has 1 atom stereocenters. The fourth-order valence-corrected chi connectivity index (χ4v) is 3.26. The first kappa shape index (κ1) is 17.3. The van der Waals surface area contributed by atoms with Crippen LogP contribution in [0.4, 0.5) is 0 Å². The van der Waals surface area contributed by atoms with E-state index < -0.39 is 0 Å². The normalized spacial score (nSPS) is 18.0. The summed E-state index contributed by atoms with van der Waals surface area (Å²) >= 11 is 0. The number of hydrogen-bond donors (Lipinski definition) is 0. The molecule has 3 rings (SSSR count). The van der Waals surface area contributed by atoms with Gasteiger partial charge in [0.25, 0.3) is 5.91 Å². The maximum Gasteiger partial charge on any atom is 0.254 e. The van der Waals surface area contributed by atoms with Gasteiger partial charge in [0.2, 0.25) is 0 Å². The maximum absolute atomic E-state index is 13.2. The molecule has 25 heavy (non-hydrogen) atoms. The SMILES string of the molecule is COc1ccc(C(=O)N2CCN(C)C[C@H]2c2ccccc2)cc1OC. The molecule has 0 N–H and O–H groups in total. The highest BCUT2D eigenvalue weighted by Crippen LogP contribution is 2.31. The van der Waals surface area contributed by atoms with Gasteiger partial charge in [-0.3, -0.25) is 4.79 Å². The van der Waals surface area contributed by atoms with Crippen LogP contribution in [0.3, 0.4) is 0 Å². The van der Waals surface area contributed by atoms with Crippen molar-refractivity contribution in [3.63, 3.8) is 0 Å². The number of methoxy groups -OCH3 is 2. The van der Waals surface area contributed by atoms with E-state index in [1.165, 1.54) is 0 Å². The van der Waals surface area contributed by atoms with E-state index >= 15 is 0 Å². The Bertz CT molecular complexity index is 733. The van der Waals surface area contributed by atoms with E-state index in [0.29, 0.717) is 23.6 Å². The molecular formula is C20H24N2O3. The highest BCUT2D eigenvalue weighted by atomic mass is 16.5. The van der Waals surface area contributed by atoms with Gasteiger partial charge in [-0.1, -0.05) is 30.3 Å². The number of nitrogens with zero attached hydrogens (tertiary/aromatic N) is 2. The molecule has 1 aliphatic heterocycles. The lowest BCUT2D eigenvalue weighted by atomic mass is 10.0. The number of carbonyl (C=O) groups excluding carboxylic acids is 1. The Morgan fingerprint density at radius 1 is 1.00 bits per heavy atom. The van der Waals surface area contributed by atoms with Gasteiger partial charge in [0.1, 0.15) is 0 Å². The topological polar surface area (TPSA) is 42.0 Å². The first-order valence-corrected chi connectivity index (χ1v) is 8.40. The summed E-state index contributed by atoms with van der Waals surface area (Å²) in [6.07, 6.45) is 0. The van der Waals surface area contributed by atoms with E-state index in [1.807, 2.05) is 23.1 Å². The molecule has 0 bridgehead atoms. The second-order valence-electron chi connectivity index (χ2n) is 6.26. The van der Waals surface area contributed by atoms with E-state index in [2.05, 4.69) is 24.1 Å². The van der Waals surface area contributed by atoms with E-state index in [0.717, 1.165) is 18.7 Å². The maximum atomic E-state index is 13.2. The van der Waals surface area contributed by atoms with Crippen LogP contribution >= 0.6 is 0 Å². The van der Waals surface area contributed by atoms with Crippen LogP contribution in [0.2, 0.25) is 0 Å². The lowest BCUT2D eigenvalue weighted by molar-refractivity contribution is 0.0497. The van der Waals surface area contributed by atoms with Crippen LogP contribution in [0, 0.1) is 0 Å². The fraction of sp³-hybridized carbons (Fsp3) is 0.350. The van der Waals surface area contributed by atoms with E-state index in [4.69, 9.17) is 9.47 Å². The molecule has 0 radical (unpaired) electrons. The number of benzene rings is 2. The number of carbonyl (C=O) groups is 1. The molecule has 1 aliphatic rings. The Morgan fingerprint density at radius 3 is 2.40 bits per heavy atom. The molecule has 0 unspecified atom stereocenters. The molecule has 0 aromatic heterocycles. The van der Waals surface area contributed by atoms with Crippen LogP contribution in [0.15, 0.2) is 48.5 Å². The van der Waals surface area contributed by atoms with Gasteiger partial charge in [-0.25, -0.2) is 0 Å². The van der Waals surface area contributed by atoms with Crippen molar-refractivity contribution in [1.29, 1.82) is 0 Å². The number of hydrogen-bond acceptors (Lipinski definition) is 4. The second-order valence-corrected chi connectivity index (χ2v) is 6.26. The second kappa shape index (κ2) is 7.57. The minimum atomic E-state index is 0.0166. The number of rotatable bonds is 4. The molecule has 2 aromatic rings. The number of ether oxygens (including phenoxy) is 2. The molecule has 0 aliphatic carbocycles. The summed E-state index contributed by atoms with van der Waals surface area (Å²) in [4.78, 5) is 17.4. The van der Waals surface area contributed by atoms with Crippen LogP contribution in [-0.4, -0.2) is 56.6 Å². The smallest absolute Gasteiger partial charge is 0.254 e. The van der Waals surface area contributed by atoms with Crippen LogP contribution in [0.25, 0.3) is 0 Å². The average molecular weight is 340 g/mol. The van der Waals surface area contributed by atoms with Crippen LogP contribution in [-0.2, 0) is 0 Å². The van der Waals surface area contributed by atoms with E-state index in [-0.39, 0.29) is 11.9 Å². The van der Waals surface area contributed by atoms with Crippen molar-refractivity contribution in [3.8, 4) is 11.5 Å². The summed E-state index contributed by atoms with van der Waals surface area (Å²) in [5, 5.41) is 0. The monoisotopic (exact) mass is 340 g/mol. The molecule has 1 saturated heterocycles. The zero-order chi connectivity index (χ0) is 17.8. The molecule has 1 fully saturated rings. The molecule has 5 nitrogen and oxygen atoms in total. The predicted octanol–water partition coefficient (Wildman–Crippen LogP) is 2.83. The van der Waals surface area contributed by atoms with E-state index in [9.17, 15) is 4.79 Å². The quantitative estimate of drug-likeness (QED) is 0.858. The number of piperazine rings is 1. The van der Waals surface area contributed by atoms with Gasteiger partial charge in [-0.2, -0.15) is 0 Å². The third-order valence-corrected chi connectivity index (χ3v) is 4.66. The van der Waals surface area contributed by atoms with Crippen LogP contribution in [0.5, 0.6) is 11.5 Å². The Morgan fingerprint density at radius 2 is 1.72 bits per heavy atom. The largest absolute Gasteiger partial charge is 0.493 e. The Hall–Kier alpha value is -2.53. The summed E-state index contributed by atoms with van der Waals surface area (Å²) in [5.74, 6) is 1.21. The Kier molecular flexibility index (Phi) is 5.24. The van der Waals surface area contributed by atoms with Gasteiger partial charge >= 0.3 is 0 Å². The molecule has 5 heteroatoms. The summed E-state index contributed by atoms with van der Waals surface area (Å²) < 4.78 is 10.6. The molecular weight excluding hydrogens is 316 g/mol.